The minimum Gasteiger partial charge on any atom is -0.342 e. The van der Waals surface area contributed by atoms with Gasteiger partial charge >= 0.3 is 0 Å². The second-order valence-corrected chi connectivity index (χ2v) is 9.03. The third-order valence-electron chi connectivity index (χ3n) is 8.00. The van der Waals surface area contributed by atoms with Gasteiger partial charge in [0.25, 0.3) is 0 Å². The summed E-state index contributed by atoms with van der Waals surface area (Å²) in [7, 11) is 1.89. The first-order chi connectivity index (χ1) is 13.0. The molecule has 0 aromatic rings. The van der Waals surface area contributed by atoms with E-state index in [1.54, 1.807) is 0 Å². The predicted octanol–water partition coefficient (Wildman–Crippen LogP) is 2.24. The van der Waals surface area contributed by atoms with Crippen molar-refractivity contribution in [1.82, 2.24) is 9.80 Å². The molecule has 1 saturated heterocycles. The average molecular weight is 368 g/mol. The summed E-state index contributed by atoms with van der Waals surface area (Å²) in [6.45, 7) is 3.05. The van der Waals surface area contributed by atoms with Gasteiger partial charge in [0.1, 0.15) is 0 Å². The van der Waals surface area contributed by atoms with Crippen LogP contribution in [0.3, 0.4) is 0 Å². The molecule has 27 heavy (non-hydrogen) atoms. The van der Waals surface area contributed by atoms with Crippen LogP contribution in [-0.2, 0) is 14.4 Å². The Balaban J connectivity index is 1.52. The van der Waals surface area contributed by atoms with Crippen molar-refractivity contribution in [3.63, 3.8) is 0 Å². The van der Waals surface area contributed by atoms with Crippen molar-refractivity contribution in [1.29, 1.82) is 0 Å². The Morgan fingerprint density at radius 3 is 2.63 bits per heavy atom. The number of fused-ring (bicyclic) bond motifs is 7. The molecule has 5 aliphatic rings. The highest BCUT2D eigenvalue weighted by molar-refractivity contribution is 6.05. The van der Waals surface area contributed by atoms with Crippen LogP contribution < -0.4 is 0 Å². The molecule has 0 aromatic carbocycles. The van der Waals surface area contributed by atoms with Crippen LogP contribution in [0.15, 0.2) is 23.8 Å². The van der Waals surface area contributed by atoms with Crippen molar-refractivity contribution in [2.45, 2.75) is 32.6 Å². The maximum atomic E-state index is 13.1. The molecule has 2 saturated carbocycles. The van der Waals surface area contributed by atoms with Gasteiger partial charge < -0.3 is 4.90 Å². The maximum absolute atomic E-state index is 13.1. The van der Waals surface area contributed by atoms with Gasteiger partial charge in [-0.05, 0) is 56.3 Å². The number of likely N-dealkylation sites (N-methyl/N-ethyl adjacent to an activating group) is 1. The lowest BCUT2D eigenvalue weighted by Crippen LogP contribution is -2.43. The number of amides is 3. The van der Waals surface area contributed by atoms with E-state index in [0.717, 1.165) is 19.3 Å². The van der Waals surface area contributed by atoms with Crippen LogP contribution in [0.4, 0.5) is 0 Å². The Morgan fingerprint density at radius 1 is 1.04 bits per heavy atom. The first-order valence-corrected chi connectivity index (χ1v) is 10.5. The monoisotopic (exact) mass is 368 g/mol. The number of hydrogen-bond donors (Lipinski definition) is 0. The Morgan fingerprint density at radius 2 is 1.85 bits per heavy atom. The number of carbonyl (C=O) groups is 3. The van der Waals surface area contributed by atoms with Gasteiger partial charge in [-0.15, -0.1) is 0 Å². The molecule has 5 nitrogen and oxygen atoms in total. The molecule has 5 rings (SSSR count). The fourth-order valence-corrected chi connectivity index (χ4v) is 6.89. The number of carbonyl (C=O) groups excluding carboxylic acids is 3. The van der Waals surface area contributed by atoms with Crippen LogP contribution in [0.25, 0.3) is 0 Å². The second-order valence-electron chi connectivity index (χ2n) is 9.03. The first kappa shape index (κ1) is 17.2. The molecule has 0 radical (unpaired) electrons. The van der Waals surface area contributed by atoms with Crippen molar-refractivity contribution < 1.29 is 14.4 Å². The van der Waals surface area contributed by atoms with E-state index in [1.807, 2.05) is 18.9 Å². The van der Waals surface area contributed by atoms with Crippen LogP contribution in [0.5, 0.6) is 0 Å². The van der Waals surface area contributed by atoms with Crippen LogP contribution in [0, 0.1) is 41.4 Å². The van der Waals surface area contributed by atoms with Crippen LogP contribution in [0.1, 0.15) is 32.6 Å². The summed E-state index contributed by atoms with van der Waals surface area (Å²) >= 11 is 0. The molecule has 5 heteroatoms. The van der Waals surface area contributed by atoms with Gasteiger partial charge in [-0.1, -0.05) is 23.8 Å². The smallest absolute Gasteiger partial charge is 0.233 e. The van der Waals surface area contributed by atoms with Crippen molar-refractivity contribution in [2.75, 3.05) is 20.1 Å². The molecule has 3 amide bonds. The van der Waals surface area contributed by atoms with Gasteiger partial charge in [-0.3, -0.25) is 19.3 Å². The molecule has 2 aliphatic heterocycles. The van der Waals surface area contributed by atoms with E-state index in [9.17, 15) is 14.4 Å². The van der Waals surface area contributed by atoms with Gasteiger partial charge in [0.2, 0.25) is 17.7 Å². The Kier molecular flexibility index (Phi) is 3.85. The lowest BCUT2D eigenvalue weighted by Gasteiger charge is -2.43. The number of allylic oxidation sites excluding steroid dienone is 3. The maximum Gasteiger partial charge on any atom is 0.233 e. The fourth-order valence-electron chi connectivity index (χ4n) is 6.89. The molecule has 0 spiro atoms. The Hall–Kier alpha value is -1.91. The van der Waals surface area contributed by atoms with Crippen LogP contribution in [-0.4, -0.2) is 47.7 Å². The highest BCUT2D eigenvalue weighted by Gasteiger charge is 2.60. The van der Waals surface area contributed by atoms with Gasteiger partial charge in [0, 0.05) is 26.1 Å². The zero-order valence-corrected chi connectivity index (χ0v) is 16.1. The molecular formula is C22H28N2O3. The highest BCUT2D eigenvalue weighted by Crippen LogP contribution is 2.59. The summed E-state index contributed by atoms with van der Waals surface area (Å²) in [5, 5.41) is 0. The van der Waals surface area contributed by atoms with Gasteiger partial charge in [-0.2, -0.15) is 0 Å². The van der Waals surface area contributed by atoms with E-state index >= 15 is 0 Å². The molecule has 144 valence electrons. The predicted molar refractivity (Wildman–Crippen MR) is 100 cm³/mol. The molecule has 0 bridgehead atoms. The standard InChI is InChI=1S/C22H28N2O3/c1-3-24-20(25)15-9-7-12-6-8-14-16(17(12)19(15)22(24)27)11-13-5-4-10-23(2)21(26)18(13)14/h4-5,7,13-19H,3,6,8-11H2,1-2H3/t13-,14+,15+,16+,17+,18-,19+/m1/s1. The summed E-state index contributed by atoms with van der Waals surface area (Å²) in [4.78, 5) is 42.2. The minimum atomic E-state index is -0.190. The summed E-state index contributed by atoms with van der Waals surface area (Å²) in [6, 6.07) is 0. The zero-order chi connectivity index (χ0) is 18.9. The lowest BCUT2D eigenvalue weighted by atomic mass is 9.59. The van der Waals surface area contributed by atoms with E-state index in [2.05, 4.69) is 18.2 Å². The summed E-state index contributed by atoms with van der Waals surface area (Å²) < 4.78 is 0. The molecule has 7 atom stereocenters. The molecule has 3 aliphatic carbocycles. The van der Waals surface area contributed by atoms with Crippen molar-refractivity contribution in [2.24, 2.45) is 41.4 Å². The molecule has 2 heterocycles. The molecule has 0 unspecified atom stereocenters. The number of imide groups is 1. The van der Waals surface area contributed by atoms with E-state index in [1.165, 1.54) is 10.5 Å². The van der Waals surface area contributed by atoms with E-state index in [4.69, 9.17) is 0 Å². The van der Waals surface area contributed by atoms with Gasteiger partial charge in [0.15, 0.2) is 0 Å². The van der Waals surface area contributed by atoms with Gasteiger partial charge in [0.05, 0.1) is 11.8 Å². The van der Waals surface area contributed by atoms with Crippen molar-refractivity contribution in [3.05, 3.63) is 23.8 Å². The van der Waals surface area contributed by atoms with Crippen LogP contribution in [0.2, 0.25) is 0 Å². The summed E-state index contributed by atoms with van der Waals surface area (Å²) in [5.41, 5.74) is 1.39. The molecular weight excluding hydrogens is 340 g/mol. The number of rotatable bonds is 1. The topological polar surface area (TPSA) is 57.7 Å². The molecule has 0 N–H and O–H groups in total. The fraction of sp³-hybridized carbons (Fsp3) is 0.682. The molecule has 3 fully saturated rings. The SMILES string of the molecule is CCN1C(=O)[C@@H]2[C@H]3C(=CC[C@@H]2C1=O)CC[C@H]1[C@@H]3C[C@H]2C=CCN(C)C(=O)[C@@H]12. The quantitative estimate of drug-likeness (QED) is 0.527. The summed E-state index contributed by atoms with van der Waals surface area (Å²) in [6.07, 6.45) is 10.3. The van der Waals surface area contributed by atoms with Crippen molar-refractivity contribution in [3.8, 4) is 0 Å². The Labute approximate surface area is 160 Å². The number of likely N-dealkylation sites (tertiary alicyclic amines) is 1. The number of hydrogen-bond acceptors (Lipinski definition) is 3. The normalized spacial score (nSPS) is 43.1. The van der Waals surface area contributed by atoms with Gasteiger partial charge in [-0.25, -0.2) is 0 Å². The minimum absolute atomic E-state index is 0.0212. The third kappa shape index (κ3) is 2.26. The zero-order valence-electron chi connectivity index (χ0n) is 16.1. The van der Waals surface area contributed by atoms with E-state index in [0.29, 0.717) is 31.3 Å². The van der Waals surface area contributed by atoms with Crippen LogP contribution >= 0.6 is 0 Å². The lowest BCUT2D eigenvalue weighted by molar-refractivity contribution is -0.140. The second kappa shape index (κ2) is 6.05. The number of nitrogens with zero attached hydrogens (tertiary/aromatic N) is 2. The first-order valence-electron chi connectivity index (χ1n) is 10.5. The third-order valence-corrected chi connectivity index (χ3v) is 8.00. The summed E-state index contributed by atoms with van der Waals surface area (Å²) in [5.74, 6) is 1.14. The molecule has 0 aromatic heterocycles. The van der Waals surface area contributed by atoms with E-state index < -0.39 is 0 Å². The van der Waals surface area contributed by atoms with E-state index in [-0.39, 0.29) is 47.3 Å². The largest absolute Gasteiger partial charge is 0.342 e. The van der Waals surface area contributed by atoms with Crippen molar-refractivity contribution >= 4 is 17.7 Å². The Bertz CT molecular complexity index is 770. The average Bonchev–Trinajstić information content (AvgIpc) is 3.11. The highest BCUT2D eigenvalue weighted by atomic mass is 16.2.